The summed E-state index contributed by atoms with van der Waals surface area (Å²) in [6.07, 6.45) is 12.1. The molecule has 0 aliphatic heterocycles. The molecular weight excluding hydrogens is 226 g/mol. The number of methoxy groups -OCH3 is 2. The van der Waals surface area contributed by atoms with Crippen LogP contribution in [0, 0.1) is 0 Å². The molecule has 110 valence electrons. The highest BCUT2D eigenvalue weighted by Gasteiger charge is 2.27. The van der Waals surface area contributed by atoms with E-state index in [2.05, 4.69) is 6.92 Å². The van der Waals surface area contributed by atoms with Crippen molar-refractivity contribution in [3.8, 4) is 0 Å². The topological polar surface area (TPSA) is 44.5 Å². The molecule has 3 nitrogen and oxygen atoms in total. The van der Waals surface area contributed by atoms with E-state index in [1.165, 1.54) is 44.9 Å². The highest BCUT2D eigenvalue weighted by atomic mass is 16.7. The van der Waals surface area contributed by atoms with Crippen molar-refractivity contribution in [3.05, 3.63) is 0 Å². The number of hydrogen-bond donors (Lipinski definition) is 1. The number of unbranched alkanes of at least 4 members (excludes halogenated alkanes) is 6. The number of hydrogen-bond acceptors (Lipinski definition) is 3. The van der Waals surface area contributed by atoms with Gasteiger partial charge in [-0.15, -0.1) is 0 Å². The zero-order chi connectivity index (χ0) is 13.7. The molecular formula is C15H33NO2. The van der Waals surface area contributed by atoms with Gasteiger partial charge in [0.2, 0.25) is 0 Å². The van der Waals surface area contributed by atoms with Gasteiger partial charge >= 0.3 is 0 Å². The highest BCUT2D eigenvalue weighted by Crippen LogP contribution is 2.25. The first-order valence-corrected chi connectivity index (χ1v) is 7.55. The summed E-state index contributed by atoms with van der Waals surface area (Å²) in [7, 11) is 3.47. The Labute approximate surface area is 113 Å². The third-order valence-corrected chi connectivity index (χ3v) is 3.67. The lowest BCUT2D eigenvalue weighted by Gasteiger charge is -2.31. The molecule has 0 aromatic heterocycles. The molecule has 0 aromatic rings. The molecule has 0 aromatic carbocycles. The van der Waals surface area contributed by atoms with Gasteiger partial charge in [-0.05, 0) is 19.4 Å². The van der Waals surface area contributed by atoms with Crippen molar-refractivity contribution in [2.45, 2.75) is 76.9 Å². The van der Waals surface area contributed by atoms with Crippen molar-refractivity contribution in [1.82, 2.24) is 0 Å². The minimum Gasteiger partial charge on any atom is -0.353 e. The summed E-state index contributed by atoms with van der Waals surface area (Å²) in [4.78, 5) is 0. The van der Waals surface area contributed by atoms with E-state index in [0.29, 0.717) is 6.54 Å². The predicted molar refractivity (Wildman–Crippen MR) is 77.6 cm³/mol. The summed E-state index contributed by atoms with van der Waals surface area (Å²) in [5.74, 6) is -0.400. The van der Waals surface area contributed by atoms with Crippen LogP contribution in [0.5, 0.6) is 0 Å². The fraction of sp³-hybridized carbons (Fsp3) is 1.00. The zero-order valence-corrected chi connectivity index (χ0v) is 12.7. The summed E-state index contributed by atoms with van der Waals surface area (Å²) >= 11 is 0. The maximum atomic E-state index is 5.56. The molecule has 0 amide bonds. The van der Waals surface area contributed by atoms with Crippen molar-refractivity contribution in [1.29, 1.82) is 0 Å². The smallest absolute Gasteiger partial charge is 0.167 e. The van der Waals surface area contributed by atoms with Crippen molar-refractivity contribution >= 4 is 0 Å². The fourth-order valence-corrected chi connectivity index (χ4v) is 2.34. The lowest BCUT2D eigenvalue weighted by Crippen LogP contribution is -2.34. The normalized spacial score (nSPS) is 12.0. The molecule has 0 radical (unpaired) electrons. The summed E-state index contributed by atoms with van der Waals surface area (Å²) in [5.41, 5.74) is 5.56. The quantitative estimate of drug-likeness (QED) is 0.403. The van der Waals surface area contributed by atoms with Crippen LogP contribution in [-0.2, 0) is 9.47 Å². The van der Waals surface area contributed by atoms with E-state index < -0.39 is 5.79 Å². The van der Waals surface area contributed by atoms with E-state index in [1.54, 1.807) is 14.2 Å². The lowest BCUT2D eigenvalue weighted by molar-refractivity contribution is -0.215. The van der Waals surface area contributed by atoms with Gasteiger partial charge in [0.05, 0.1) is 0 Å². The standard InChI is InChI=1S/C15H33NO2/c1-4-5-6-7-8-9-10-12-15(17-2,18-3)13-11-14-16/h4-14,16H2,1-3H3. The van der Waals surface area contributed by atoms with E-state index in [4.69, 9.17) is 15.2 Å². The van der Waals surface area contributed by atoms with E-state index in [9.17, 15) is 0 Å². The average molecular weight is 259 g/mol. The van der Waals surface area contributed by atoms with Crippen LogP contribution >= 0.6 is 0 Å². The molecule has 0 bridgehead atoms. The van der Waals surface area contributed by atoms with E-state index in [0.717, 1.165) is 19.3 Å². The second kappa shape index (κ2) is 11.9. The Bertz CT molecular complexity index is 170. The summed E-state index contributed by atoms with van der Waals surface area (Å²) in [6.45, 7) is 2.95. The minimum atomic E-state index is -0.400. The van der Waals surface area contributed by atoms with Gasteiger partial charge in [-0.25, -0.2) is 0 Å². The Morgan fingerprint density at radius 1 is 0.778 bits per heavy atom. The van der Waals surface area contributed by atoms with Crippen molar-refractivity contribution < 1.29 is 9.47 Å². The summed E-state index contributed by atoms with van der Waals surface area (Å²) in [6, 6.07) is 0. The Morgan fingerprint density at radius 3 is 1.78 bits per heavy atom. The van der Waals surface area contributed by atoms with Crippen molar-refractivity contribution in [3.63, 3.8) is 0 Å². The molecule has 0 saturated heterocycles. The molecule has 0 atom stereocenters. The Kier molecular flexibility index (Phi) is 11.9. The molecule has 0 aliphatic carbocycles. The van der Waals surface area contributed by atoms with Crippen LogP contribution in [0.1, 0.15) is 71.1 Å². The fourth-order valence-electron chi connectivity index (χ4n) is 2.34. The molecule has 0 fully saturated rings. The third kappa shape index (κ3) is 8.06. The Morgan fingerprint density at radius 2 is 1.28 bits per heavy atom. The number of nitrogens with two attached hydrogens (primary N) is 1. The first-order chi connectivity index (χ1) is 8.74. The SMILES string of the molecule is CCCCCCCCCC(CCCN)(OC)OC. The van der Waals surface area contributed by atoms with Gasteiger partial charge in [0.25, 0.3) is 0 Å². The molecule has 0 rings (SSSR count). The second-order valence-electron chi connectivity index (χ2n) is 5.08. The largest absolute Gasteiger partial charge is 0.353 e. The zero-order valence-electron chi connectivity index (χ0n) is 12.7. The van der Waals surface area contributed by atoms with Gasteiger partial charge in [-0.2, -0.15) is 0 Å². The molecule has 0 aliphatic rings. The summed E-state index contributed by atoms with van der Waals surface area (Å²) in [5, 5.41) is 0. The monoisotopic (exact) mass is 259 g/mol. The van der Waals surface area contributed by atoms with E-state index in [1.807, 2.05) is 0 Å². The molecule has 0 spiro atoms. The maximum Gasteiger partial charge on any atom is 0.167 e. The van der Waals surface area contributed by atoms with E-state index in [-0.39, 0.29) is 0 Å². The average Bonchev–Trinajstić information content (AvgIpc) is 2.42. The molecule has 2 N–H and O–H groups in total. The molecule has 3 heteroatoms. The highest BCUT2D eigenvalue weighted by molar-refractivity contribution is 4.69. The molecule has 0 saturated carbocycles. The summed E-state index contributed by atoms with van der Waals surface area (Å²) < 4.78 is 11.1. The first kappa shape index (κ1) is 17.9. The molecule has 0 heterocycles. The number of ether oxygens (including phenoxy) is 2. The van der Waals surface area contributed by atoms with Crippen molar-refractivity contribution in [2.24, 2.45) is 5.73 Å². The van der Waals surface area contributed by atoms with Gasteiger partial charge in [-0.3, -0.25) is 0 Å². The van der Waals surface area contributed by atoms with Gasteiger partial charge in [-0.1, -0.05) is 45.4 Å². The van der Waals surface area contributed by atoms with Crippen LogP contribution in [-0.4, -0.2) is 26.6 Å². The number of rotatable bonds is 13. The minimum absolute atomic E-state index is 0.400. The van der Waals surface area contributed by atoms with Crippen LogP contribution in [0.2, 0.25) is 0 Å². The Balaban J connectivity index is 3.69. The van der Waals surface area contributed by atoms with Crippen LogP contribution in [0.4, 0.5) is 0 Å². The van der Waals surface area contributed by atoms with Gasteiger partial charge in [0.15, 0.2) is 5.79 Å². The lowest BCUT2D eigenvalue weighted by atomic mass is 10.0. The molecule has 18 heavy (non-hydrogen) atoms. The maximum absolute atomic E-state index is 5.56. The van der Waals surface area contributed by atoms with Gasteiger partial charge < -0.3 is 15.2 Å². The Hall–Kier alpha value is -0.120. The van der Waals surface area contributed by atoms with Crippen LogP contribution in [0.15, 0.2) is 0 Å². The van der Waals surface area contributed by atoms with Gasteiger partial charge in [0.1, 0.15) is 0 Å². The first-order valence-electron chi connectivity index (χ1n) is 7.55. The predicted octanol–water partition coefficient (Wildman–Crippen LogP) is 3.86. The van der Waals surface area contributed by atoms with Gasteiger partial charge in [0, 0.05) is 27.1 Å². The third-order valence-electron chi connectivity index (χ3n) is 3.67. The van der Waals surface area contributed by atoms with E-state index >= 15 is 0 Å². The second-order valence-corrected chi connectivity index (χ2v) is 5.08. The van der Waals surface area contributed by atoms with Crippen molar-refractivity contribution in [2.75, 3.05) is 20.8 Å². The van der Waals surface area contributed by atoms with Crippen LogP contribution < -0.4 is 5.73 Å². The molecule has 0 unspecified atom stereocenters. The van der Waals surface area contributed by atoms with Crippen LogP contribution in [0.25, 0.3) is 0 Å². The van der Waals surface area contributed by atoms with Crippen LogP contribution in [0.3, 0.4) is 0 Å².